The average Bonchev–Trinajstić information content (AvgIpc) is 3.04. The van der Waals surface area contributed by atoms with Gasteiger partial charge in [0.2, 0.25) is 0 Å². The van der Waals surface area contributed by atoms with E-state index in [9.17, 15) is 21.6 Å². The van der Waals surface area contributed by atoms with Crippen LogP contribution in [0.3, 0.4) is 0 Å². The lowest BCUT2D eigenvalue weighted by atomic mass is 10.3. The van der Waals surface area contributed by atoms with Crippen LogP contribution in [0.1, 0.15) is 32.1 Å². The molecule has 156 valence electrons. The average molecular weight is 429 g/mol. The Kier molecular flexibility index (Phi) is 9.54. The van der Waals surface area contributed by atoms with Crippen molar-refractivity contribution in [3.63, 3.8) is 0 Å². The van der Waals surface area contributed by atoms with Crippen LogP contribution in [0.5, 0.6) is 0 Å². The number of hydrogen-bond donors (Lipinski definition) is 2. The van der Waals surface area contributed by atoms with E-state index in [-0.39, 0.29) is 6.54 Å². The van der Waals surface area contributed by atoms with Gasteiger partial charge in [-0.15, -0.1) is 11.3 Å². The third kappa shape index (κ3) is 8.06. The molecule has 11 heteroatoms. The molecule has 0 aliphatic heterocycles. The van der Waals surface area contributed by atoms with Crippen LogP contribution in [0.4, 0.5) is 13.2 Å². The van der Waals surface area contributed by atoms with Crippen LogP contribution in [0.2, 0.25) is 0 Å². The van der Waals surface area contributed by atoms with Gasteiger partial charge in [-0.1, -0.05) is 13.8 Å². The summed E-state index contributed by atoms with van der Waals surface area (Å²) in [6.07, 6.45) is -4.66. The quantitative estimate of drug-likeness (QED) is 0.444. The minimum atomic E-state index is -4.23. The van der Waals surface area contributed by atoms with E-state index in [0.717, 1.165) is 4.88 Å². The van der Waals surface area contributed by atoms with Crippen LogP contribution in [0.25, 0.3) is 0 Å². The van der Waals surface area contributed by atoms with E-state index in [2.05, 4.69) is 15.6 Å². The first-order valence-electron chi connectivity index (χ1n) is 8.81. The van der Waals surface area contributed by atoms with Crippen LogP contribution in [0, 0.1) is 0 Å². The highest BCUT2D eigenvalue weighted by atomic mass is 32.2. The zero-order valence-electron chi connectivity index (χ0n) is 15.8. The lowest BCUT2D eigenvalue weighted by molar-refractivity contribution is -0.132. The van der Waals surface area contributed by atoms with Crippen LogP contribution >= 0.6 is 11.3 Å². The molecular formula is C16H27F3N4O2S2. The summed E-state index contributed by atoms with van der Waals surface area (Å²) >= 11 is 1.21. The maximum absolute atomic E-state index is 12.5. The number of aliphatic imine (C=N–C) groups is 1. The summed E-state index contributed by atoms with van der Waals surface area (Å²) in [5, 5.41) is 5.85. The maximum Gasteiger partial charge on any atom is 0.390 e. The molecule has 0 radical (unpaired) electrons. The normalized spacial score (nSPS) is 13.2. The zero-order chi connectivity index (χ0) is 20.5. The van der Waals surface area contributed by atoms with Crippen molar-refractivity contribution in [2.45, 2.75) is 44.0 Å². The smallest absolute Gasteiger partial charge is 0.357 e. The topological polar surface area (TPSA) is 73.8 Å². The van der Waals surface area contributed by atoms with E-state index >= 15 is 0 Å². The third-order valence-electron chi connectivity index (χ3n) is 3.61. The maximum atomic E-state index is 12.5. The first-order valence-corrected chi connectivity index (χ1v) is 11.1. The first-order chi connectivity index (χ1) is 12.6. The van der Waals surface area contributed by atoms with Gasteiger partial charge in [0.25, 0.3) is 10.0 Å². The number of alkyl halides is 3. The molecule has 1 aromatic heterocycles. The molecule has 0 bridgehead atoms. The van der Waals surface area contributed by atoms with Crippen LogP contribution in [-0.4, -0.2) is 57.6 Å². The third-order valence-corrected chi connectivity index (χ3v) is 7.27. The second kappa shape index (κ2) is 10.9. The molecule has 1 aromatic rings. The summed E-state index contributed by atoms with van der Waals surface area (Å²) in [4.78, 5) is 4.77. The van der Waals surface area contributed by atoms with Gasteiger partial charge in [0, 0.05) is 31.1 Å². The van der Waals surface area contributed by atoms with E-state index in [1.54, 1.807) is 26.0 Å². The molecule has 1 rings (SSSR count). The van der Waals surface area contributed by atoms with Gasteiger partial charge < -0.3 is 10.6 Å². The van der Waals surface area contributed by atoms with Crippen LogP contribution in [-0.2, 0) is 16.4 Å². The Balaban J connectivity index is 2.62. The molecule has 0 atom stereocenters. The zero-order valence-corrected chi connectivity index (χ0v) is 17.4. The second-order valence-electron chi connectivity index (χ2n) is 5.61. The minimum absolute atomic E-state index is 0.298. The second-order valence-corrected chi connectivity index (χ2v) is 8.95. The number of guanidine groups is 1. The number of thiophene rings is 1. The van der Waals surface area contributed by atoms with E-state index in [1.165, 1.54) is 15.6 Å². The van der Waals surface area contributed by atoms with Gasteiger partial charge in [-0.25, -0.2) is 8.42 Å². The van der Waals surface area contributed by atoms with E-state index in [1.807, 2.05) is 6.92 Å². The fourth-order valence-corrected chi connectivity index (χ4v) is 5.23. The monoisotopic (exact) mass is 428 g/mol. The fraction of sp³-hybridized carbons (Fsp3) is 0.688. The molecule has 0 spiro atoms. The molecule has 0 aliphatic carbocycles. The number of rotatable bonds is 10. The standard InChI is InChI=1S/C16H27F3N4O2S2/c1-4-20-15(22-12-10-16(17,18)19)21-11-9-13-7-8-14(26-13)27(24,25)23(5-2)6-3/h7-8H,4-6,9-12H2,1-3H3,(H2,20,21,22). The molecule has 0 fully saturated rings. The molecule has 1 heterocycles. The van der Waals surface area contributed by atoms with E-state index in [0.29, 0.717) is 42.8 Å². The van der Waals surface area contributed by atoms with E-state index < -0.39 is 22.6 Å². The molecule has 0 saturated heterocycles. The van der Waals surface area contributed by atoms with Gasteiger partial charge in [0.1, 0.15) is 4.21 Å². The molecule has 0 saturated carbocycles. The molecule has 0 amide bonds. The summed E-state index contributed by atoms with van der Waals surface area (Å²) < 4.78 is 63.3. The Labute approximate surface area is 162 Å². The van der Waals surface area contributed by atoms with Crippen molar-refractivity contribution in [2.75, 3.05) is 32.7 Å². The highest BCUT2D eigenvalue weighted by molar-refractivity contribution is 7.91. The van der Waals surface area contributed by atoms with Crippen molar-refractivity contribution < 1.29 is 21.6 Å². The van der Waals surface area contributed by atoms with Crippen molar-refractivity contribution in [1.29, 1.82) is 0 Å². The summed E-state index contributed by atoms with van der Waals surface area (Å²) in [6, 6.07) is 3.35. The highest BCUT2D eigenvalue weighted by Crippen LogP contribution is 2.25. The van der Waals surface area contributed by atoms with Crippen LogP contribution < -0.4 is 10.6 Å². The largest absolute Gasteiger partial charge is 0.390 e. The van der Waals surface area contributed by atoms with Crippen molar-refractivity contribution in [3.8, 4) is 0 Å². The predicted molar refractivity (Wildman–Crippen MR) is 103 cm³/mol. The van der Waals surface area contributed by atoms with E-state index in [4.69, 9.17) is 0 Å². The molecule has 0 unspecified atom stereocenters. The van der Waals surface area contributed by atoms with Crippen molar-refractivity contribution in [3.05, 3.63) is 17.0 Å². The fourth-order valence-electron chi connectivity index (χ4n) is 2.26. The molecule has 0 aliphatic rings. The Hall–Kier alpha value is -1.33. The summed E-state index contributed by atoms with van der Waals surface area (Å²) in [6.45, 7) is 6.85. The van der Waals surface area contributed by atoms with Gasteiger partial charge in [-0.05, 0) is 25.5 Å². The Morgan fingerprint density at radius 1 is 1.19 bits per heavy atom. The van der Waals surface area contributed by atoms with Gasteiger partial charge >= 0.3 is 6.18 Å². The van der Waals surface area contributed by atoms with Crippen molar-refractivity contribution in [2.24, 2.45) is 4.99 Å². The molecule has 27 heavy (non-hydrogen) atoms. The number of nitrogens with one attached hydrogen (secondary N) is 2. The molecular weight excluding hydrogens is 401 g/mol. The Morgan fingerprint density at radius 3 is 2.41 bits per heavy atom. The number of nitrogens with zero attached hydrogens (tertiary/aromatic N) is 2. The summed E-state index contributed by atoms with van der Waals surface area (Å²) in [5.41, 5.74) is 0. The van der Waals surface area contributed by atoms with Crippen LogP contribution in [0.15, 0.2) is 21.3 Å². The SMILES string of the molecule is CCNC(=NCCC(F)(F)F)NCCc1ccc(S(=O)(=O)N(CC)CC)s1. The lowest BCUT2D eigenvalue weighted by Gasteiger charge is -2.16. The minimum Gasteiger partial charge on any atom is -0.357 e. The Morgan fingerprint density at radius 2 is 1.85 bits per heavy atom. The predicted octanol–water partition coefficient (Wildman–Crippen LogP) is 2.83. The summed E-state index contributed by atoms with van der Waals surface area (Å²) in [5.74, 6) is 0.314. The number of hydrogen-bond acceptors (Lipinski definition) is 4. The molecule has 2 N–H and O–H groups in total. The lowest BCUT2D eigenvalue weighted by Crippen LogP contribution is -2.38. The van der Waals surface area contributed by atoms with Gasteiger partial charge in [0.15, 0.2) is 5.96 Å². The van der Waals surface area contributed by atoms with Gasteiger partial charge in [-0.3, -0.25) is 4.99 Å². The molecule has 0 aromatic carbocycles. The van der Waals surface area contributed by atoms with Crippen molar-refractivity contribution >= 4 is 27.3 Å². The summed E-state index contributed by atoms with van der Waals surface area (Å²) in [7, 11) is -3.47. The van der Waals surface area contributed by atoms with Gasteiger partial charge in [-0.2, -0.15) is 17.5 Å². The number of sulfonamides is 1. The first kappa shape index (κ1) is 23.7. The number of halogens is 3. The Bertz CT molecular complexity index is 699. The highest BCUT2D eigenvalue weighted by Gasteiger charge is 2.26. The molecule has 6 nitrogen and oxygen atoms in total. The van der Waals surface area contributed by atoms with Crippen molar-refractivity contribution in [1.82, 2.24) is 14.9 Å². The van der Waals surface area contributed by atoms with Gasteiger partial charge in [0.05, 0.1) is 13.0 Å².